The van der Waals surface area contributed by atoms with E-state index in [2.05, 4.69) is 26.3 Å². The predicted octanol–water partition coefficient (Wildman–Crippen LogP) is 7.80. The molecule has 1 saturated heterocycles. The number of nitrogens with one attached hydrogen (secondary N) is 4. The van der Waals surface area contributed by atoms with Crippen molar-refractivity contribution in [2.45, 2.75) is 118 Å². The first-order valence-electron chi connectivity index (χ1n) is 22.9. The zero-order valence-corrected chi connectivity index (χ0v) is 41.6. The van der Waals surface area contributed by atoms with Crippen molar-refractivity contribution in [1.29, 1.82) is 5.26 Å². The maximum atomic E-state index is 15.2. The van der Waals surface area contributed by atoms with Gasteiger partial charge in [0.1, 0.15) is 42.4 Å². The van der Waals surface area contributed by atoms with Crippen LogP contribution in [0.1, 0.15) is 101 Å². The van der Waals surface area contributed by atoms with Gasteiger partial charge in [-0.25, -0.2) is 9.37 Å². The zero-order valence-electron chi connectivity index (χ0n) is 40.0. The summed E-state index contributed by atoms with van der Waals surface area (Å²) in [5.74, 6) is -1.73. The SMILES string of the molecule is Cc1ncsc1-c1ccc(CNC(=O)[C@@H]2C[C@@H](O)CN2C(=O)C(NC(=O)COCCCCCNc2ccc(C(=O)N[C@H]3C(C)(C)[C@H](Oc4ccc(C#N)c(Cl)c4)C3(C)C)cc2F)C(C)(C)C)cc1. The molecule has 2 aliphatic rings. The number of benzene rings is 3. The van der Waals surface area contributed by atoms with Crippen LogP contribution in [0.2, 0.25) is 5.02 Å². The lowest BCUT2D eigenvalue weighted by atomic mass is 9.49. The summed E-state index contributed by atoms with van der Waals surface area (Å²) < 4.78 is 27.2. The van der Waals surface area contributed by atoms with Crippen molar-refractivity contribution in [2.24, 2.45) is 16.2 Å². The molecule has 1 aliphatic heterocycles. The number of nitriles is 1. The number of carbonyl (C=O) groups excluding carboxylic acids is 4. The minimum absolute atomic E-state index is 0.0291. The van der Waals surface area contributed by atoms with Crippen molar-refractivity contribution in [1.82, 2.24) is 25.8 Å². The number of unbranched alkanes of at least 4 members (excludes halogenated alkanes) is 2. The van der Waals surface area contributed by atoms with Gasteiger partial charge in [-0.05, 0) is 73.1 Å². The number of hydrogen-bond acceptors (Lipinski definition) is 11. The quantitative estimate of drug-likeness (QED) is 0.0579. The smallest absolute Gasteiger partial charge is 0.251 e. The summed E-state index contributed by atoms with van der Waals surface area (Å²) >= 11 is 7.78. The number of β-amino-alcohol motifs (C(OH)–C–C–N with tert-alkyl or cyclic N) is 1. The fourth-order valence-electron chi connectivity index (χ4n) is 9.49. The number of carbonyl (C=O) groups is 4. The highest BCUT2D eigenvalue weighted by molar-refractivity contribution is 7.13. The van der Waals surface area contributed by atoms with Crippen molar-refractivity contribution in [2.75, 3.05) is 31.6 Å². The van der Waals surface area contributed by atoms with Gasteiger partial charge < -0.3 is 40.7 Å². The molecule has 5 N–H and O–H groups in total. The van der Waals surface area contributed by atoms with Gasteiger partial charge in [0, 0.05) is 61.2 Å². The molecule has 3 aromatic carbocycles. The monoisotopic (exact) mass is 971 g/mol. The minimum atomic E-state index is -0.977. The molecular formula is C51H63ClFN7O7S. The molecule has 0 radical (unpaired) electrons. The third-order valence-corrected chi connectivity index (χ3v) is 14.2. The first-order chi connectivity index (χ1) is 32.1. The summed E-state index contributed by atoms with van der Waals surface area (Å²) in [4.78, 5) is 60.6. The highest BCUT2D eigenvalue weighted by Gasteiger charge is 2.64. The van der Waals surface area contributed by atoms with Crippen molar-refractivity contribution in [3.63, 3.8) is 0 Å². The van der Waals surface area contributed by atoms with Crippen LogP contribution in [0.3, 0.4) is 0 Å². The summed E-state index contributed by atoms with van der Waals surface area (Å²) in [6.07, 6.45) is 0.978. The highest BCUT2D eigenvalue weighted by Crippen LogP contribution is 2.55. The second kappa shape index (κ2) is 21.8. The number of aromatic nitrogens is 1. The van der Waals surface area contributed by atoms with Crippen molar-refractivity contribution in [3.8, 4) is 22.3 Å². The Kier molecular flexibility index (Phi) is 16.6. The van der Waals surface area contributed by atoms with Crippen LogP contribution in [0.15, 0.2) is 66.2 Å². The molecule has 1 aliphatic carbocycles. The molecular weight excluding hydrogens is 909 g/mol. The zero-order chi connectivity index (χ0) is 49.6. The highest BCUT2D eigenvalue weighted by atomic mass is 35.5. The van der Waals surface area contributed by atoms with E-state index in [1.165, 1.54) is 11.0 Å². The Morgan fingerprint density at radius 3 is 2.38 bits per heavy atom. The number of amides is 4. The second-order valence-electron chi connectivity index (χ2n) is 20.0. The Bertz CT molecular complexity index is 2490. The number of aliphatic hydroxyl groups is 1. The van der Waals surface area contributed by atoms with E-state index in [4.69, 9.17) is 21.1 Å². The summed E-state index contributed by atoms with van der Waals surface area (Å²) in [6, 6.07) is 17.0. The van der Waals surface area contributed by atoms with Gasteiger partial charge in [0.15, 0.2) is 0 Å². The summed E-state index contributed by atoms with van der Waals surface area (Å²) in [5.41, 5.74) is 3.84. The molecule has 3 atom stereocenters. The number of ether oxygens (including phenoxy) is 2. The second-order valence-corrected chi connectivity index (χ2v) is 21.2. The van der Waals surface area contributed by atoms with Crippen LogP contribution >= 0.6 is 22.9 Å². The Hall–Kier alpha value is -5.60. The molecule has 4 amide bonds. The standard InChI is InChI=1S/C51H63ClFN7O7S/c1-30-42(68-29-57-30)32-14-12-31(13-15-32)26-56-45(64)40-23-35(61)27-60(40)46(65)43(49(2,3)4)58-41(62)28-66-21-11-9-10-20-55-39-19-17-33(22-38(39)53)44(63)59-47-50(5,6)48(51(47,7)8)67-36-18-16-34(25-54)37(52)24-36/h12-19,22,24,29,35,40,43,47-48,55,61H,9-11,20-21,23,26-28H2,1-8H3,(H,56,64)(H,58,62)(H,59,63)/t35-,40+,43?,47-,48-/m1/s1. The van der Waals surface area contributed by atoms with E-state index in [9.17, 15) is 29.5 Å². The summed E-state index contributed by atoms with van der Waals surface area (Å²) in [5, 5.41) is 32.0. The predicted molar refractivity (Wildman–Crippen MR) is 261 cm³/mol. The van der Waals surface area contributed by atoms with Gasteiger partial charge in [-0.1, -0.05) is 84.3 Å². The molecule has 0 spiro atoms. The third kappa shape index (κ3) is 12.2. The molecule has 0 bridgehead atoms. The fourth-order valence-corrected chi connectivity index (χ4v) is 10.5. The van der Waals surface area contributed by atoms with Gasteiger partial charge in [0.25, 0.3) is 5.91 Å². The minimum Gasteiger partial charge on any atom is -0.489 e. The number of thiazole rings is 1. The van der Waals surface area contributed by atoms with Crippen molar-refractivity contribution >= 4 is 52.3 Å². The van der Waals surface area contributed by atoms with Crippen molar-refractivity contribution in [3.05, 3.63) is 99.4 Å². The van der Waals surface area contributed by atoms with Crippen LogP contribution in [0, 0.1) is 40.3 Å². The van der Waals surface area contributed by atoms with Crippen LogP contribution in [0.25, 0.3) is 10.4 Å². The number of aryl methyl sites for hydroxylation is 1. The van der Waals surface area contributed by atoms with Gasteiger partial charge in [-0.15, -0.1) is 11.3 Å². The number of halogens is 2. The molecule has 17 heteroatoms. The normalized spacial score (nSPS) is 19.8. The van der Waals surface area contributed by atoms with Crippen LogP contribution in [-0.2, 0) is 25.7 Å². The average molecular weight is 973 g/mol. The van der Waals surface area contributed by atoms with Gasteiger partial charge in [-0.3, -0.25) is 19.2 Å². The number of hydrogen-bond donors (Lipinski definition) is 5. The van der Waals surface area contributed by atoms with Gasteiger partial charge >= 0.3 is 0 Å². The van der Waals surface area contributed by atoms with Gasteiger partial charge in [0.05, 0.1) is 38.5 Å². The van der Waals surface area contributed by atoms with E-state index in [0.29, 0.717) is 42.3 Å². The van der Waals surface area contributed by atoms with Crippen molar-refractivity contribution < 1.29 is 38.1 Å². The van der Waals surface area contributed by atoms with Crippen LogP contribution < -0.4 is 26.0 Å². The summed E-state index contributed by atoms with van der Waals surface area (Å²) in [7, 11) is 0. The molecule has 1 saturated carbocycles. The maximum absolute atomic E-state index is 15.2. The molecule has 68 heavy (non-hydrogen) atoms. The van der Waals surface area contributed by atoms with E-state index < -0.39 is 58.0 Å². The number of likely N-dealkylation sites (tertiary alicyclic amines) is 1. The first kappa shape index (κ1) is 51.8. The Labute approximate surface area is 407 Å². The van der Waals surface area contributed by atoms with E-state index in [1.54, 1.807) is 47.2 Å². The van der Waals surface area contributed by atoms with Gasteiger partial charge in [0.2, 0.25) is 17.7 Å². The Balaban J connectivity index is 0.892. The van der Waals surface area contributed by atoms with E-state index in [-0.39, 0.29) is 55.4 Å². The first-order valence-corrected chi connectivity index (χ1v) is 24.2. The third-order valence-electron chi connectivity index (χ3n) is 12.9. The number of anilines is 1. The molecule has 6 rings (SSSR count). The molecule has 4 aromatic rings. The topological polar surface area (TPSA) is 195 Å². The number of rotatable bonds is 19. The fraction of sp³-hybridized carbons (Fsp3) is 0.490. The van der Waals surface area contributed by atoms with Crippen LogP contribution in [0.5, 0.6) is 5.75 Å². The molecule has 2 fully saturated rings. The number of nitrogens with zero attached hydrogens (tertiary/aromatic N) is 3. The van der Waals surface area contributed by atoms with Gasteiger partial charge in [-0.2, -0.15) is 5.26 Å². The molecule has 1 aromatic heterocycles. The van der Waals surface area contributed by atoms with Crippen LogP contribution in [0.4, 0.5) is 10.1 Å². The maximum Gasteiger partial charge on any atom is 0.251 e. The Morgan fingerprint density at radius 1 is 1.03 bits per heavy atom. The Morgan fingerprint density at radius 2 is 1.75 bits per heavy atom. The van der Waals surface area contributed by atoms with E-state index >= 15 is 4.39 Å². The summed E-state index contributed by atoms with van der Waals surface area (Å²) in [6.45, 7) is 16.1. The lowest BCUT2D eigenvalue weighted by molar-refractivity contribution is -0.164. The molecule has 2 heterocycles. The lowest BCUT2D eigenvalue weighted by Crippen LogP contribution is -2.74. The molecule has 364 valence electrons. The lowest BCUT2D eigenvalue weighted by Gasteiger charge is -2.63. The number of aliphatic hydroxyl groups excluding tert-OH is 1. The largest absolute Gasteiger partial charge is 0.489 e. The van der Waals surface area contributed by atoms with E-state index in [0.717, 1.165) is 28.1 Å². The average Bonchev–Trinajstić information content (AvgIpc) is 3.91. The van der Waals surface area contributed by atoms with E-state index in [1.807, 2.05) is 85.7 Å². The van der Waals surface area contributed by atoms with Crippen LogP contribution in [-0.4, -0.2) is 95.3 Å². The molecule has 1 unspecified atom stereocenters. The molecule has 14 nitrogen and oxygen atoms in total.